The van der Waals surface area contributed by atoms with E-state index >= 15 is 0 Å². The first-order valence-corrected chi connectivity index (χ1v) is 6.72. The van der Waals surface area contributed by atoms with Gasteiger partial charge in [0.05, 0.1) is 10.7 Å². The zero-order valence-corrected chi connectivity index (χ0v) is 11.0. The van der Waals surface area contributed by atoms with Crippen molar-refractivity contribution in [2.75, 3.05) is 11.9 Å². The van der Waals surface area contributed by atoms with Crippen molar-refractivity contribution in [3.05, 3.63) is 65.2 Å². The average molecular weight is 258 g/mol. The minimum absolute atomic E-state index is 0.320. The third-order valence-electron chi connectivity index (χ3n) is 3.73. The summed E-state index contributed by atoms with van der Waals surface area (Å²) in [5.41, 5.74) is 2.78. The molecular formula is C16H16ClN. The Hall–Kier alpha value is -1.47. The van der Waals surface area contributed by atoms with Gasteiger partial charge in [0.25, 0.3) is 0 Å². The number of para-hydroxylation sites is 1. The van der Waals surface area contributed by atoms with Gasteiger partial charge in [0.2, 0.25) is 0 Å². The molecule has 0 spiro atoms. The Labute approximate surface area is 113 Å². The van der Waals surface area contributed by atoms with Crippen molar-refractivity contribution >= 4 is 17.3 Å². The number of benzene rings is 2. The van der Waals surface area contributed by atoms with Gasteiger partial charge in [-0.1, -0.05) is 54.1 Å². The molecule has 0 atom stereocenters. The Morgan fingerprint density at radius 1 is 0.944 bits per heavy atom. The van der Waals surface area contributed by atoms with E-state index in [4.69, 9.17) is 11.6 Å². The summed E-state index contributed by atoms with van der Waals surface area (Å²) in [4.78, 5) is 0. The van der Waals surface area contributed by atoms with Crippen LogP contribution in [0.3, 0.4) is 0 Å². The maximum Gasteiger partial charge on any atom is 0.0637 e. The molecule has 0 amide bonds. The Kier molecular flexibility index (Phi) is 3.00. The van der Waals surface area contributed by atoms with Gasteiger partial charge in [0.15, 0.2) is 0 Å². The predicted molar refractivity (Wildman–Crippen MR) is 77.3 cm³/mol. The van der Waals surface area contributed by atoms with Crippen LogP contribution in [0, 0.1) is 0 Å². The van der Waals surface area contributed by atoms with Gasteiger partial charge >= 0.3 is 0 Å². The Morgan fingerprint density at radius 3 is 2.28 bits per heavy atom. The number of rotatable bonds is 4. The lowest BCUT2D eigenvalue weighted by Gasteiger charge is -2.18. The maximum atomic E-state index is 6.16. The Balaban J connectivity index is 1.73. The van der Waals surface area contributed by atoms with Crippen LogP contribution in [-0.2, 0) is 5.41 Å². The quantitative estimate of drug-likeness (QED) is 0.851. The number of halogens is 1. The molecule has 0 bridgehead atoms. The van der Waals surface area contributed by atoms with Crippen molar-refractivity contribution in [2.24, 2.45) is 0 Å². The van der Waals surface area contributed by atoms with E-state index in [-0.39, 0.29) is 0 Å². The zero-order chi connectivity index (χ0) is 12.4. The van der Waals surface area contributed by atoms with Crippen LogP contribution in [0.2, 0.25) is 5.02 Å². The van der Waals surface area contributed by atoms with E-state index in [0.29, 0.717) is 5.41 Å². The lowest BCUT2D eigenvalue weighted by atomic mass is 9.96. The minimum atomic E-state index is 0.320. The minimum Gasteiger partial charge on any atom is -0.383 e. The van der Waals surface area contributed by atoms with Crippen molar-refractivity contribution in [1.82, 2.24) is 0 Å². The van der Waals surface area contributed by atoms with E-state index in [9.17, 15) is 0 Å². The molecule has 1 fully saturated rings. The van der Waals surface area contributed by atoms with Gasteiger partial charge in [0.1, 0.15) is 0 Å². The van der Waals surface area contributed by atoms with Gasteiger partial charge in [-0.25, -0.2) is 0 Å². The van der Waals surface area contributed by atoms with Gasteiger partial charge in [-0.05, 0) is 30.5 Å². The molecule has 1 N–H and O–H groups in total. The second-order valence-electron chi connectivity index (χ2n) is 4.98. The van der Waals surface area contributed by atoms with Crippen LogP contribution in [0.5, 0.6) is 0 Å². The molecule has 3 rings (SSSR count). The lowest BCUT2D eigenvalue weighted by molar-refractivity contribution is 0.733. The van der Waals surface area contributed by atoms with Crippen LogP contribution in [0.15, 0.2) is 54.6 Å². The summed E-state index contributed by atoms with van der Waals surface area (Å²) in [6.45, 7) is 0.959. The first-order valence-electron chi connectivity index (χ1n) is 6.34. The zero-order valence-electron chi connectivity index (χ0n) is 10.2. The standard InChI is InChI=1S/C16H16ClN/c17-14-8-4-5-9-15(14)18-12-16(10-11-16)13-6-2-1-3-7-13/h1-9,18H,10-12H2. The van der Waals surface area contributed by atoms with Crippen molar-refractivity contribution in [3.8, 4) is 0 Å². The molecule has 0 saturated heterocycles. The van der Waals surface area contributed by atoms with Crippen molar-refractivity contribution in [3.63, 3.8) is 0 Å². The van der Waals surface area contributed by atoms with Crippen molar-refractivity contribution < 1.29 is 0 Å². The number of hydrogen-bond donors (Lipinski definition) is 1. The van der Waals surface area contributed by atoms with Crippen molar-refractivity contribution in [2.45, 2.75) is 18.3 Å². The monoisotopic (exact) mass is 257 g/mol. The highest BCUT2D eigenvalue weighted by Gasteiger charge is 2.43. The summed E-state index contributed by atoms with van der Waals surface area (Å²) in [5.74, 6) is 0. The van der Waals surface area contributed by atoms with Crippen LogP contribution in [-0.4, -0.2) is 6.54 Å². The molecule has 2 aromatic rings. The van der Waals surface area contributed by atoms with Gasteiger partial charge in [-0.15, -0.1) is 0 Å². The largest absolute Gasteiger partial charge is 0.383 e. The number of anilines is 1. The Bertz CT molecular complexity index is 532. The molecule has 1 nitrogen and oxygen atoms in total. The van der Waals surface area contributed by atoms with Crippen LogP contribution in [0.1, 0.15) is 18.4 Å². The molecule has 0 aliphatic heterocycles. The fourth-order valence-corrected chi connectivity index (χ4v) is 2.58. The first kappa shape index (κ1) is 11.6. The number of hydrogen-bond acceptors (Lipinski definition) is 1. The highest BCUT2D eigenvalue weighted by atomic mass is 35.5. The second-order valence-corrected chi connectivity index (χ2v) is 5.39. The first-order chi connectivity index (χ1) is 8.80. The molecule has 1 aliphatic carbocycles. The lowest BCUT2D eigenvalue weighted by Crippen LogP contribution is -2.19. The molecule has 2 aromatic carbocycles. The molecular weight excluding hydrogens is 242 g/mol. The highest BCUT2D eigenvalue weighted by molar-refractivity contribution is 6.33. The molecule has 0 radical (unpaired) electrons. The van der Waals surface area contributed by atoms with Gasteiger partial charge in [0, 0.05) is 12.0 Å². The highest BCUT2D eigenvalue weighted by Crippen LogP contribution is 2.48. The topological polar surface area (TPSA) is 12.0 Å². The summed E-state index contributed by atoms with van der Waals surface area (Å²) in [7, 11) is 0. The van der Waals surface area contributed by atoms with E-state index in [1.54, 1.807) is 0 Å². The van der Waals surface area contributed by atoms with E-state index in [0.717, 1.165) is 17.3 Å². The van der Waals surface area contributed by atoms with E-state index in [2.05, 4.69) is 35.6 Å². The van der Waals surface area contributed by atoms with Crippen LogP contribution >= 0.6 is 11.6 Å². The summed E-state index contributed by atoms with van der Waals surface area (Å²) in [6.07, 6.45) is 2.52. The molecule has 92 valence electrons. The van der Waals surface area contributed by atoms with Crippen LogP contribution in [0.25, 0.3) is 0 Å². The number of nitrogens with one attached hydrogen (secondary N) is 1. The average Bonchev–Trinajstić information content (AvgIpc) is 3.20. The molecule has 0 heterocycles. The smallest absolute Gasteiger partial charge is 0.0637 e. The summed E-state index contributed by atoms with van der Waals surface area (Å²) < 4.78 is 0. The predicted octanol–water partition coefficient (Wildman–Crippen LogP) is 4.48. The fraction of sp³-hybridized carbons (Fsp3) is 0.250. The fourth-order valence-electron chi connectivity index (χ4n) is 2.38. The van der Waals surface area contributed by atoms with E-state index < -0.39 is 0 Å². The van der Waals surface area contributed by atoms with Crippen LogP contribution in [0.4, 0.5) is 5.69 Å². The molecule has 0 unspecified atom stereocenters. The molecule has 2 heteroatoms. The summed E-state index contributed by atoms with van der Waals surface area (Å²) in [6, 6.07) is 18.7. The SMILES string of the molecule is Clc1ccccc1NCC1(c2ccccc2)CC1. The molecule has 0 aromatic heterocycles. The van der Waals surface area contributed by atoms with Gasteiger partial charge in [-0.3, -0.25) is 0 Å². The maximum absolute atomic E-state index is 6.16. The molecule has 18 heavy (non-hydrogen) atoms. The molecule has 1 saturated carbocycles. The third kappa shape index (κ3) is 2.23. The molecule has 1 aliphatic rings. The van der Waals surface area contributed by atoms with Gasteiger partial charge < -0.3 is 5.32 Å². The van der Waals surface area contributed by atoms with Crippen molar-refractivity contribution in [1.29, 1.82) is 0 Å². The Morgan fingerprint density at radius 2 is 1.61 bits per heavy atom. The third-order valence-corrected chi connectivity index (χ3v) is 4.06. The summed E-state index contributed by atoms with van der Waals surface area (Å²) >= 11 is 6.16. The normalized spacial score (nSPS) is 16.3. The summed E-state index contributed by atoms with van der Waals surface area (Å²) in [5, 5.41) is 4.28. The van der Waals surface area contributed by atoms with E-state index in [1.807, 2.05) is 24.3 Å². The van der Waals surface area contributed by atoms with Crippen LogP contribution < -0.4 is 5.32 Å². The van der Waals surface area contributed by atoms with E-state index in [1.165, 1.54) is 18.4 Å². The second kappa shape index (κ2) is 4.66. The van der Waals surface area contributed by atoms with Gasteiger partial charge in [-0.2, -0.15) is 0 Å².